The Morgan fingerprint density at radius 2 is 1.68 bits per heavy atom. The zero-order valence-corrected chi connectivity index (χ0v) is 16.1. The smallest absolute Gasteiger partial charge is 0.223 e. The number of carbonyl (C=O) groups is 1. The van der Waals surface area contributed by atoms with E-state index in [1.54, 1.807) is 12.1 Å². The number of nitrogens with one attached hydrogen (secondary N) is 1. The van der Waals surface area contributed by atoms with Crippen LogP contribution in [0.15, 0.2) is 48.5 Å². The molecule has 1 aliphatic rings. The first-order valence-electron chi connectivity index (χ1n) is 9.08. The minimum Gasteiger partial charge on any atom is -0.352 e. The largest absolute Gasteiger partial charge is 0.352 e. The van der Waals surface area contributed by atoms with Crippen molar-refractivity contribution in [2.24, 2.45) is 5.92 Å². The van der Waals surface area contributed by atoms with E-state index in [1.807, 2.05) is 0 Å². The fraction of sp³-hybridized carbons (Fsp3) is 0.350. The highest BCUT2D eigenvalue weighted by molar-refractivity contribution is 7.88. The first-order valence-corrected chi connectivity index (χ1v) is 10.7. The lowest BCUT2D eigenvalue weighted by molar-refractivity contribution is -0.126. The van der Waals surface area contributed by atoms with E-state index >= 15 is 0 Å². The summed E-state index contributed by atoms with van der Waals surface area (Å²) in [6, 6.07) is 11.4. The first kappa shape index (κ1) is 20.4. The Kier molecular flexibility index (Phi) is 6.41. The van der Waals surface area contributed by atoms with Gasteiger partial charge in [-0.1, -0.05) is 24.3 Å². The van der Waals surface area contributed by atoms with Crippen molar-refractivity contribution in [1.82, 2.24) is 9.62 Å². The average molecular weight is 408 g/mol. The predicted molar refractivity (Wildman–Crippen MR) is 102 cm³/mol. The van der Waals surface area contributed by atoms with E-state index in [2.05, 4.69) is 5.32 Å². The highest BCUT2D eigenvalue weighted by Crippen LogP contribution is 2.22. The van der Waals surface area contributed by atoms with Crippen LogP contribution in [0.4, 0.5) is 8.78 Å². The molecule has 8 heteroatoms. The Morgan fingerprint density at radius 3 is 2.32 bits per heavy atom. The van der Waals surface area contributed by atoms with Crippen LogP contribution in [0, 0.1) is 17.6 Å². The Hall–Kier alpha value is -2.32. The zero-order chi connectivity index (χ0) is 20.1. The molecule has 1 fully saturated rings. The number of nitrogens with zero attached hydrogens (tertiary/aromatic N) is 1. The molecule has 0 spiro atoms. The summed E-state index contributed by atoms with van der Waals surface area (Å²) in [5.74, 6) is -1.38. The lowest BCUT2D eigenvalue weighted by atomic mass is 9.97. The maximum absolute atomic E-state index is 13.2. The minimum atomic E-state index is -3.52. The van der Waals surface area contributed by atoms with Crippen molar-refractivity contribution < 1.29 is 22.0 Å². The van der Waals surface area contributed by atoms with Crippen molar-refractivity contribution in [3.8, 4) is 0 Å². The maximum Gasteiger partial charge on any atom is 0.223 e. The Bertz CT molecular complexity index is 925. The summed E-state index contributed by atoms with van der Waals surface area (Å²) in [6.45, 7) is 0.767. The minimum absolute atomic E-state index is 0.153. The number of hydrogen-bond acceptors (Lipinski definition) is 3. The third-order valence-corrected chi connectivity index (χ3v) is 6.69. The van der Waals surface area contributed by atoms with E-state index in [0.29, 0.717) is 24.0 Å². The topological polar surface area (TPSA) is 66.5 Å². The fourth-order valence-corrected chi connectivity index (χ4v) is 4.82. The van der Waals surface area contributed by atoms with E-state index in [9.17, 15) is 22.0 Å². The summed E-state index contributed by atoms with van der Waals surface area (Å²) in [4.78, 5) is 12.3. The quantitative estimate of drug-likeness (QED) is 0.799. The van der Waals surface area contributed by atoms with Crippen LogP contribution in [0.3, 0.4) is 0 Å². The molecule has 1 heterocycles. The van der Waals surface area contributed by atoms with Crippen LogP contribution in [-0.4, -0.2) is 31.7 Å². The zero-order valence-electron chi connectivity index (χ0n) is 15.3. The molecule has 1 amide bonds. The molecule has 28 heavy (non-hydrogen) atoms. The number of carbonyl (C=O) groups excluding carboxylic acids is 1. The molecule has 1 saturated heterocycles. The van der Waals surface area contributed by atoms with E-state index in [-0.39, 0.29) is 43.0 Å². The molecule has 5 nitrogen and oxygen atoms in total. The van der Waals surface area contributed by atoms with Gasteiger partial charge < -0.3 is 5.32 Å². The maximum atomic E-state index is 13.2. The molecular weight excluding hydrogens is 386 g/mol. The number of amides is 1. The molecule has 0 aromatic heterocycles. The average Bonchev–Trinajstić information content (AvgIpc) is 2.68. The summed E-state index contributed by atoms with van der Waals surface area (Å²) < 4.78 is 52.6. The van der Waals surface area contributed by atoms with Crippen molar-refractivity contribution in [3.63, 3.8) is 0 Å². The molecule has 2 aromatic carbocycles. The van der Waals surface area contributed by atoms with E-state index < -0.39 is 15.8 Å². The van der Waals surface area contributed by atoms with Gasteiger partial charge in [0.05, 0.1) is 5.75 Å². The Morgan fingerprint density at radius 1 is 1.00 bits per heavy atom. The van der Waals surface area contributed by atoms with E-state index in [0.717, 1.165) is 0 Å². The Balaban J connectivity index is 1.50. The van der Waals surface area contributed by atoms with Gasteiger partial charge in [-0.25, -0.2) is 21.5 Å². The molecule has 2 aromatic rings. The molecule has 3 rings (SSSR count). The van der Waals surface area contributed by atoms with Gasteiger partial charge >= 0.3 is 0 Å². The molecule has 0 unspecified atom stereocenters. The molecule has 0 bridgehead atoms. The monoisotopic (exact) mass is 408 g/mol. The molecule has 0 atom stereocenters. The first-order chi connectivity index (χ1) is 13.3. The third kappa shape index (κ3) is 5.36. The Labute approximate surface area is 163 Å². The van der Waals surface area contributed by atoms with Crippen molar-refractivity contribution in [3.05, 3.63) is 71.3 Å². The standard InChI is InChI=1S/C20H22F2N2O3S/c21-18-6-4-15(5-7-18)14-28(26,27)24-10-8-17(9-11-24)20(25)23-13-16-2-1-3-19(22)12-16/h1-7,12,17H,8-11,13-14H2,(H,23,25). The molecule has 0 radical (unpaired) electrons. The van der Waals surface area contributed by atoms with Crippen LogP contribution >= 0.6 is 0 Å². The van der Waals surface area contributed by atoms with Crippen molar-refractivity contribution >= 4 is 15.9 Å². The second-order valence-corrected chi connectivity index (χ2v) is 8.87. The van der Waals surface area contributed by atoms with Gasteiger partial charge in [-0.15, -0.1) is 0 Å². The van der Waals surface area contributed by atoms with Gasteiger partial charge in [0.15, 0.2) is 0 Å². The van der Waals surface area contributed by atoms with Crippen LogP contribution < -0.4 is 5.32 Å². The summed E-state index contributed by atoms with van der Waals surface area (Å²) in [6.07, 6.45) is 0.856. The second kappa shape index (κ2) is 8.79. The highest BCUT2D eigenvalue weighted by Gasteiger charge is 2.31. The lowest BCUT2D eigenvalue weighted by Gasteiger charge is -2.30. The van der Waals surface area contributed by atoms with Gasteiger partial charge in [-0.05, 0) is 48.2 Å². The molecule has 150 valence electrons. The van der Waals surface area contributed by atoms with Crippen LogP contribution in [-0.2, 0) is 27.1 Å². The molecule has 1 aliphatic heterocycles. The summed E-state index contributed by atoms with van der Waals surface area (Å²) >= 11 is 0. The van der Waals surface area contributed by atoms with E-state index in [4.69, 9.17) is 0 Å². The third-order valence-electron chi connectivity index (χ3n) is 4.84. The van der Waals surface area contributed by atoms with Gasteiger partial charge in [0, 0.05) is 25.6 Å². The number of sulfonamides is 1. The normalized spacial score (nSPS) is 16.1. The summed E-state index contributed by atoms with van der Waals surface area (Å²) in [5.41, 5.74) is 1.20. The molecule has 1 N–H and O–H groups in total. The highest BCUT2D eigenvalue weighted by atomic mass is 32.2. The van der Waals surface area contributed by atoms with Crippen LogP contribution in [0.25, 0.3) is 0 Å². The molecular formula is C20H22F2N2O3S. The number of piperidine rings is 1. The van der Waals surface area contributed by atoms with Crippen molar-refractivity contribution in [2.45, 2.75) is 25.1 Å². The number of rotatable bonds is 6. The summed E-state index contributed by atoms with van der Waals surface area (Å²) in [5, 5.41) is 2.79. The fourth-order valence-electron chi connectivity index (χ4n) is 3.26. The van der Waals surface area contributed by atoms with Gasteiger partial charge in [0.25, 0.3) is 0 Å². The SMILES string of the molecule is O=C(NCc1cccc(F)c1)C1CCN(S(=O)(=O)Cc2ccc(F)cc2)CC1. The van der Waals surface area contributed by atoms with E-state index in [1.165, 1.54) is 40.7 Å². The van der Waals surface area contributed by atoms with Gasteiger partial charge in [0.1, 0.15) is 11.6 Å². The lowest BCUT2D eigenvalue weighted by Crippen LogP contribution is -2.43. The van der Waals surface area contributed by atoms with Crippen molar-refractivity contribution in [1.29, 1.82) is 0 Å². The molecule has 0 aliphatic carbocycles. The second-order valence-electron chi connectivity index (χ2n) is 6.90. The van der Waals surface area contributed by atoms with Gasteiger partial charge in [-0.3, -0.25) is 4.79 Å². The summed E-state index contributed by atoms with van der Waals surface area (Å²) in [7, 11) is -3.52. The predicted octanol–water partition coefficient (Wildman–Crippen LogP) is 2.82. The number of halogens is 2. The van der Waals surface area contributed by atoms with Gasteiger partial charge in [-0.2, -0.15) is 0 Å². The number of hydrogen-bond donors (Lipinski definition) is 1. The van der Waals surface area contributed by atoms with Crippen LogP contribution in [0.5, 0.6) is 0 Å². The number of benzene rings is 2. The molecule has 0 saturated carbocycles. The van der Waals surface area contributed by atoms with Crippen LogP contribution in [0.2, 0.25) is 0 Å². The van der Waals surface area contributed by atoms with Crippen molar-refractivity contribution in [2.75, 3.05) is 13.1 Å². The van der Waals surface area contributed by atoms with Gasteiger partial charge in [0.2, 0.25) is 15.9 Å². The van der Waals surface area contributed by atoms with Crippen LogP contribution in [0.1, 0.15) is 24.0 Å².